The average molecular weight is 475 g/mol. The number of nitrogens with zero attached hydrogens (tertiary/aromatic N) is 1. The molecule has 0 unspecified atom stereocenters. The molecular formula is C29H31FN2O3. The van der Waals surface area contributed by atoms with E-state index in [-0.39, 0.29) is 30.0 Å². The van der Waals surface area contributed by atoms with Gasteiger partial charge < -0.3 is 15.0 Å². The maximum Gasteiger partial charge on any atom is 0.227 e. The number of carbonyl (C=O) groups is 2. The van der Waals surface area contributed by atoms with Crippen LogP contribution in [0.3, 0.4) is 0 Å². The SMILES string of the molecule is O=C(NCc1cccc(COCc2ccccc2)c1)[C@H]1CCCN(C(=O)Cc2ccc(F)cc2)C1. The zero-order valence-corrected chi connectivity index (χ0v) is 19.8. The maximum absolute atomic E-state index is 13.1. The Morgan fingerprint density at radius 2 is 1.60 bits per heavy atom. The van der Waals surface area contributed by atoms with E-state index in [1.807, 2.05) is 54.6 Å². The van der Waals surface area contributed by atoms with Gasteiger partial charge in [-0.1, -0.05) is 66.7 Å². The van der Waals surface area contributed by atoms with Crippen LogP contribution in [0.1, 0.15) is 35.1 Å². The molecule has 0 aromatic heterocycles. The Morgan fingerprint density at radius 1 is 0.886 bits per heavy atom. The number of piperidine rings is 1. The molecule has 1 saturated heterocycles. The van der Waals surface area contributed by atoms with E-state index in [1.54, 1.807) is 17.0 Å². The first-order valence-corrected chi connectivity index (χ1v) is 12.1. The second-order valence-corrected chi connectivity index (χ2v) is 9.00. The van der Waals surface area contributed by atoms with Gasteiger partial charge >= 0.3 is 0 Å². The van der Waals surface area contributed by atoms with Crippen LogP contribution in [0.5, 0.6) is 0 Å². The second kappa shape index (κ2) is 12.3. The molecule has 3 aromatic rings. The summed E-state index contributed by atoms with van der Waals surface area (Å²) in [7, 11) is 0. The number of hydrogen-bond donors (Lipinski definition) is 1. The summed E-state index contributed by atoms with van der Waals surface area (Å²) in [6, 6.07) is 24.0. The van der Waals surface area contributed by atoms with Gasteiger partial charge in [-0.2, -0.15) is 0 Å². The lowest BCUT2D eigenvalue weighted by Crippen LogP contribution is -2.45. The Kier molecular flexibility index (Phi) is 8.63. The number of likely N-dealkylation sites (tertiary alicyclic amines) is 1. The van der Waals surface area contributed by atoms with Crippen LogP contribution in [0.2, 0.25) is 0 Å². The highest BCUT2D eigenvalue weighted by Gasteiger charge is 2.28. The van der Waals surface area contributed by atoms with E-state index in [9.17, 15) is 14.0 Å². The Morgan fingerprint density at radius 3 is 2.40 bits per heavy atom. The molecule has 1 heterocycles. The van der Waals surface area contributed by atoms with Gasteiger partial charge in [0.1, 0.15) is 5.82 Å². The van der Waals surface area contributed by atoms with Gasteiger partial charge in [0.2, 0.25) is 11.8 Å². The molecule has 1 N–H and O–H groups in total. The van der Waals surface area contributed by atoms with Gasteiger partial charge in [0, 0.05) is 19.6 Å². The number of amides is 2. The van der Waals surface area contributed by atoms with E-state index in [1.165, 1.54) is 12.1 Å². The van der Waals surface area contributed by atoms with E-state index in [4.69, 9.17) is 4.74 Å². The van der Waals surface area contributed by atoms with Crippen LogP contribution in [0.4, 0.5) is 4.39 Å². The first-order chi connectivity index (χ1) is 17.1. The van der Waals surface area contributed by atoms with Crippen LogP contribution < -0.4 is 5.32 Å². The largest absolute Gasteiger partial charge is 0.372 e. The van der Waals surface area contributed by atoms with Crippen molar-refractivity contribution >= 4 is 11.8 Å². The maximum atomic E-state index is 13.1. The fourth-order valence-electron chi connectivity index (χ4n) is 4.33. The topological polar surface area (TPSA) is 58.6 Å². The molecule has 0 aliphatic carbocycles. The van der Waals surface area contributed by atoms with Crippen molar-refractivity contribution in [1.82, 2.24) is 10.2 Å². The number of rotatable bonds is 9. The van der Waals surface area contributed by atoms with Crippen LogP contribution in [0, 0.1) is 11.7 Å². The lowest BCUT2D eigenvalue weighted by molar-refractivity contribution is -0.135. The zero-order valence-electron chi connectivity index (χ0n) is 19.8. The fraction of sp³-hybridized carbons (Fsp3) is 0.310. The van der Waals surface area contributed by atoms with Crippen LogP contribution in [-0.4, -0.2) is 29.8 Å². The van der Waals surface area contributed by atoms with Crippen LogP contribution in [0.15, 0.2) is 78.9 Å². The first-order valence-electron chi connectivity index (χ1n) is 12.1. The molecular weight excluding hydrogens is 443 g/mol. The van der Waals surface area contributed by atoms with Crippen molar-refractivity contribution in [2.24, 2.45) is 5.92 Å². The molecule has 6 heteroatoms. The zero-order chi connectivity index (χ0) is 24.5. The van der Waals surface area contributed by atoms with E-state index in [2.05, 4.69) is 5.32 Å². The summed E-state index contributed by atoms with van der Waals surface area (Å²) in [6.07, 6.45) is 1.77. The smallest absolute Gasteiger partial charge is 0.227 e. The van der Waals surface area contributed by atoms with Crippen LogP contribution in [0.25, 0.3) is 0 Å². The summed E-state index contributed by atoms with van der Waals surface area (Å²) in [5.41, 5.74) is 3.98. The highest BCUT2D eigenvalue weighted by molar-refractivity contribution is 5.82. The number of hydrogen-bond acceptors (Lipinski definition) is 3. The van der Waals surface area contributed by atoms with Crippen molar-refractivity contribution in [3.63, 3.8) is 0 Å². The van der Waals surface area contributed by atoms with E-state index in [0.29, 0.717) is 32.8 Å². The number of carbonyl (C=O) groups excluding carboxylic acids is 2. The van der Waals surface area contributed by atoms with Crippen molar-refractivity contribution in [2.45, 2.75) is 39.0 Å². The highest BCUT2D eigenvalue weighted by atomic mass is 19.1. The Bertz CT molecular complexity index is 1120. The lowest BCUT2D eigenvalue weighted by atomic mass is 9.96. The third kappa shape index (κ3) is 7.49. The molecule has 0 saturated carbocycles. The molecule has 0 radical (unpaired) electrons. The molecule has 0 spiro atoms. The minimum atomic E-state index is -0.318. The summed E-state index contributed by atoms with van der Waals surface area (Å²) in [6.45, 7) is 2.56. The molecule has 4 rings (SSSR count). The third-order valence-corrected chi connectivity index (χ3v) is 6.25. The monoisotopic (exact) mass is 474 g/mol. The quantitative estimate of drug-likeness (QED) is 0.492. The number of nitrogens with one attached hydrogen (secondary N) is 1. The van der Waals surface area contributed by atoms with Crippen molar-refractivity contribution in [3.8, 4) is 0 Å². The summed E-state index contributed by atoms with van der Waals surface area (Å²) >= 11 is 0. The van der Waals surface area contributed by atoms with Gasteiger partial charge in [-0.15, -0.1) is 0 Å². The molecule has 0 bridgehead atoms. The first kappa shape index (κ1) is 24.6. The van der Waals surface area contributed by atoms with Crippen LogP contribution >= 0.6 is 0 Å². The Balaban J connectivity index is 1.23. The molecule has 35 heavy (non-hydrogen) atoms. The van der Waals surface area contributed by atoms with Gasteiger partial charge in [0.25, 0.3) is 0 Å². The average Bonchev–Trinajstić information content (AvgIpc) is 2.89. The van der Waals surface area contributed by atoms with Gasteiger partial charge in [-0.3, -0.25) is 9.59 Å². The molecule has 1 atom stereocenters. The standard InChI is InChI=1S/C29H31FN2O3/c30-27-13-11-22(12-14-27)17-28(33)32-15-5-10-26(19-32)29(34)31-18-24-8-4-9-25(16-24)21-35-20-23-6-2-1-3-7-23/h1-4,6-9,11-14,16,26H,5,10,15,17-21H2,(H,31,34)/t26-/m0/s1. The summed E-state index contributed by atoms with van der Waals surface area (Å²) < 4.78 is 18.9. The van der Waals surface area contributed by atoms with Crippen LogP contribution in [-0.2, 0) is 40.5 Å². The predicted octanol–water partition coefficient (Wildman–Crippen LogP) is 4.64. The van der Waals surface area contributed by atoms with Gasteiger partial charge in [-0.05, 0) is 47.2 Å². The third-order valence-electron chi connectivity index (χ3n) is 6.25. The molecule has 2 amide bonds. The van der Waals surface area contributed by atoms with Gasteiger partial charge in [0.05, 0.1) is 25.6 Å². The van der Waals surface area contributed by atoms with Crippen molar-refractivity contribution in [1.29, 1.82) is 0 Å². The number of benzene rings is 3. The summed E-state index contributed by atoms with van der Waals surface area (Å²) in [5.74, 6) is -0.605. The Labute approximate surface area is 205 Å². The molecule has 1 aliphatic heterocycles. The van der Waals surface area contributed by atoms with E-state index < -0.39 is 0 Å². The van der Waals surface area contributed by atoms with Gasteiger partial charge in [-0.25, -0.2) is 4.39 Å². The van der Waals surface area contributed by atoms with Crippen molar-refractivity contribution in [2.75, 3.05) is 13.1 Å². The molecule has 182 valence electrons. The molecule has 1 fully saturated rings. The number of ether oxygens (including phenoxy) is 1. The minimum absolute atomic E-state index is 0.0303. The minimum Gasteiger partial charge on any atom is -0.372 e. The van der Waals surface area contributed by atoms with Crippen molar-refractivity contribution < 1.29 is 18.7 Å². The van der Waals surface area contributed by atoms with Gasteiger partial charge in [0.15, 0.2) is 0 Å². The summed E-state index contributed by atoms with van der Waals surface area (Å²) in [4.78, 5) is 27.3. The molecule has 3 aromatic carbocycles. The lowest BCUT2D eigenvalue weighted by Gasteiger charge is -2.32. The second-order valence-electron chi connectivity index (χ2n) is 9.00. The normalized spacial score (nSPS) is 15.6. The van der Waals surface area contributed by atoms with E-state index in [0.717, 1.165) is 35.1 Å². The highest BCUT2D eigenvalue weighted by Crippen LogP contribution is 2.18. The molecule has 1 aliphatic rings. The van der Waals surface area contributed by atoms with E-state index >= 15 is 0 Å². The Hall–Kier alpha value is -3.51. The van der Waals surface area contributed by atoms with Crippen molar-refractivity contribution in [3.05, 3.63) is 107 Å². The fourth-order valence-corrected chi connectivity index (χ4v) is 4.33. The number of halogens is 1. The summed E-state index contributed by atoms with van der Waals surface area (Å²) in [5, 5.41) is 3.03. The molecule has 5 nitrogen and oxygen atoms in total. The predicted molar refractivity (Wildman–Crippen MR) is 133 cm³/mol.